The highest BCUT2D eigenvalue weighted by molar-refractivity contribution is 6.66. The van der Waals surface area contributed by atoms with Gasteiger partial charge in [0.05, 0.1) is 6.07 Å². The fourth-order valence-corrected chi connectivity index (χ4v) is 2.59. The van der Waals surface area contributed by atoms with Gasteiger partial charge in [-0.1, -0.05) is 13.3 Å². The van der Waals surface area contributed by atoms with Crippen molar-refractivity contribution in [2.45, 2.75) is 38.3 Å². The maximum Gasteiger partial charge on any atom is 0.425 e. The molecule has 0 rings (SSSR count). The molecule has 0 aromatic heterocycles. The van der Waals surface area contributed by atoms with E-state index >= 15 is 0 Å². The number of nitrogens with zero attached hydrogens (tertiary/aromatic N) is 1. The van der Waals surface area contributed by atoms with Gasteiger partial charge in [0, 0.05) is 6.42 Å². The van der Waals surface area contributed by atoms with Gasteiger partial charge in [-0.05, 0) is 18.5 Å². The molecule has 4 heteroatoms. The molecule has 0 aromatic carbocycles. The Bertz CT molecular complexity index is 142. The first-order valence-electron chi connectivity index (χ1n) is 3.87. The molecule has 0 unspecified atom stereocenters. The molecule has 0 aliphatic rings. The lowest BCUT2D eigenvalue weighted by Crippen LogP contribution is -2.20. The summed E-state index contributed by atoms with van der Waals surface area (Å²) in [5.74, 6) is 0. The van der Waals surface area contributed by atoms with Crippen molar-refractivity contribution in [1.29, 1.82) is 5.26 Å². The largest absolute Gasteiger partial charge is 0.425 e. The van der Waals surface area contributed by atoms with Crippen LogP contribution in [-0.4, -0.2) is 8.74 Å². The summed E-state index contributed by atoms with van der Waals surface area (Å²) in [6, 6.07) is 1.95. The maximum atomic E-state index is 12.8. The van der Waals surface area contributed by atoms with Crippen molar-refractivity contribution in [2.24, 2.45) is 0 Å². The average molecular weight is 177 g/mol. The second kappa shape index (κ2) is 5.25. The third-order valence-corrected chi connectivity index (χ3v) is 3.76. The Kier molecular flexibility index (Phi) is 5.04. The van der Waals surface area contributed by atoms with Crippen LogP contribution in [0.15, 0.2) is 0 Å². The monoisotopic (exact) mass is 177 g/mol. The molecule has 0 bridgehead atoms. The van der Waals surface area contributed by atoms with Gasteiger partial charge in [0.2, 0.25) is 0 Å². The Morgan fingerprint density at radius 2 is 2.00 bits per heavy atom. The van der Waals surface area contributed by atoms with Gasteiger partial charge in [0.25, 0.3) is 0 Å². The molecule has 0 saturated carbocycles. The first kappa shape index (κ1) is 10.6. The highest BCUT2D eigenvalue weighted by Crippen LogP contribution is 2.22. The smallest absolute Gasteiger partial charge is 0.270 e. The van der Waals surface area contributed by atoms with E-state index in [1.165, 1.54) is 0 Å². The highest BCUT2D eigenvalue weighted by atomic mass is 28.4. The Balaban J connectivity index is 3.48. The van der Waals surface area contributed by atoms with E-state index in [1.807, 2.05) is 6.07 Å². The maximum absolute atomic E-state index is 12.8. The van der Waals surface area contributed by atoms with Gasteiger partial charge in [0.1, 0.15) is 0 Å². The fourth-order valence-electron chi connectivity index (χ4n) is 0.917. The minimum absolute atomic E-state index is 0.00556. The summed E-state index contributed by atoms with van der Waals surface area (Å²) < 4.78 is 25.6. The fraction of sp³-hybridized carbons (Fsp3) is 0.857. The predicted octanol–water partition coefficient (Wildman–Crippen LogP) is 3.08. The lowest BCUT2D eigenvalue weighted by molar-refractivity contribution is 0.574. The van der Waals surface area contributed by atoms with Crippen molar-refractivity contribution >= 4 is 8.74 Å². The van der Waals surface area contributed by atoms with Crippen LogP contribution in [0.1, 0.15) is 26.2 Å². The van der Waals surface area contributed by atoms with Crippen LogP contribution in [0.5, 0.6) is 0 Å². The number of hydrogen-bond acceptors (Lipinski definition) is 1. The standard InChI is InChI=1S/C7H13F2NSi/c1-2-6-11(8,9)7-4-3-5-10/h2-4,6-7H2,1H3. The normalized spacial score (nSPS) is 11.1. The minimum atomic E-state index is -3.89. The zero-order chi connectivity index (χ0) is 8.74. The van der Waals surface area contributed by atoms with Crippen LogP contribution in [-0.2, 0) is 0 Å². The molecule has 0 heterocycles. The van der Waals surface area contributed by atoms with E-state index in [9.17, 15) is 8.22 Å². The molecule has 0 radical (unpaired) electrons. The van der Waals surface area contributed by atoms with Gasteiger partial charge >= 0.3 is 8.74 Å². The van der Waals surface area contributed by atoms with Crippen LogP contribution in [0.2, 0.25) is 12.1 Å². The second-order valence-corrected chi connectivity index (χ2v) is 5.33. The van der Waals surface area contributed by atoms with Crippen LogP contribution >= 0.6 is 0 Å². The summed E-state index contributed by atoms with van der Waals surface area (Å²) in [6.45, 7) is 1.77. The van der Waals surface area contributed by atoms with Crippen molar-refractivity contribution in [3.05, 3.63) is 0 Å². The molecule has 0 fully saturated rings. The molecular formula is C7H13F2NSi. The van der Waals surface area contributed by atoms with Crippen molar-refractivity contribution in [3.63, 3.8) is 0 Å². The molecule has 0 atom stereocenters. The first-order chi connectivity index (χ1) is 5.12. The summed E-state index contributed by atoms with van der Waals surface area (Å²) >= 11 is 0. The number of hydrogen-bond donors (Lipinski definition) is 0. The summed E-state index contributed by atoms with van der Waals surface area (Å²) in [5, 5.41) is 8.11. The van der Waals surface area contributed by atoms with Gasteiger partial charge in [-0.3, -0.25) is 8.22 Å². The molecule has 0 saturated heterocycles. The molecule has 64 valence electrons. The number of nitriles is 1. The molecule has 0 amide bonds. The van der Waals surface area contributed by atoms with Gasteiger partial charge in [-0.2, -0.15) is 5.26 Å². The van der Waals surface area contributed by atoms with E-state index in [0.717, 1.165) is 0 Å². The van der Waals surface area contributed by atoms with Crippen LogP contribution < -0.4 is 0 Å². The second-order valence-electron chi connectivity index (χ2n) is 2.62. The van der Waals surface area contributed by atoms with Gasteiger partial charge in [-0.25, -0.2) is 0 Å². The van der Waals surface area contributed by atoms with E-state index in [0.29, 0.717) is 12.8 Å². The van der Waals surface area contributed by atoms with E-state index in [-0.39, 0.29) is 18.5 Å². The van der Waals surface area contributed by atoms with Gasteiger partial charge in [-0.15, -0.1) is 0 Å². The van der Waals surface area contributed by atoms with Gasteiger partial charge in [0.15, 0.2) is 0 Å². The molecular weight excluding hydrogens is 164 g/mol. The van der Waals surface area contributed by atoms with Crippen LogP contribution in [0.4, 0.5) is 8.22 Å². The zero-order valence-electron chi connectivity index (χ0n) is 6.74. The molecule has 0 spiro atoms. The van der Waals surface area contributed by atoms with Crippen molar-refractivity contribution in [2.75, 3.05) is 0 Å². The topological polar surface area (TPSA) is 23.8 Å². The molecule has 0 aromatic rings. The highest BCUT2D eigenvalue weighted by Gasteiger charge is 2.32. The Morgan fingerprint density at radius 3 is 2.45 bits per heavy atom. The predicted molar refractivity (Wildman–Crippen MR) is 42.7 cm³/mol. The SMILES string of the molecule is CCC[Si](F)(F)CCCC#N. The quantitative estimate of drug-likeness (QED) is 0.359. The van der Waals surface area contributed by atoms with E-state index < -0.39 is 8.74 Å². The molecule has 0 aliphatic carbocycles. The number of halogens is 2. The molecule has 0 N–H and O–H groups in total. The first-order valence-corrected chi connectivity index (χ1v) is 6.04. The third-order valence-electron chi connectivity index (χ3n) is 1.45. The third kappa shape index (κ3) is 5.98. The van der Waals surface area contributed by atoms with E-state index in [4.69, 9.17) is 5.26 Å². The lowest BCUT2D eigenvalue weighted by atomic mass is 10.4. The molecule has 11 heavy (non-hydrogen) atoms. The lowest BCUT2D eigenvalue weighted by Gasteiger charge is -2.09. The summed E-state index contributed by atoms with van der Waals surface area (Å²) in [4.78, 5) is 0. The Hall–Kier alpha value is -0.433. The Morgan fingerprint density at radius 1 is 1.36 bits per heavy atom. The van der Waals surface area contributed by atoms with Gasteiger partial charge < -0.3 is 0 Å². The number of rotatable bonds is 5. The van der Waals surface area contributed by atoms with Crippen molar-refractivity contribution < 1.29 is 8.22 Å². The van der Waals surface area contributed by atoms with Crippen molar-refractivity contribution in [3.8, 4) is 6.07 Å². The number of unbranched alkanes of at least 4 members (excludes halogenated alkanes) is 1. The average Bonchev–Trinajstić information content (AvgIpc) is 1.87. The zero-order valence-corrected chi connectivity index (χ0v) is 7.74. The van der Waals surface area contributed by atoms with Crippen molar-refractivity contribution in [1.82, 2.24) is 0 Å². The minimum Gasteiger partial charge on any atom is -0.270 e. The van der Waals surface area contributed by atoms with E-state index in [2.05, 4.69) is 0 Å². The Labute approximate surface area is 67.4 Å². The molecule has 0 aliphatic heterocycles. The van der Waals surface area contributed by atoms with Crippen LogP contribution in [0, 0.1) is 11.3 Å². The summed E-state index contributed by atoms with van der Waals surface area (Å²) in [5.41, 5.74) is 0. The van der Waals surface area contributed by atoms with Crippen LogP contribution in [0.3, 0.4) is 0 Å². The summed E-state index contributed by atoms with van der Waals surface area (Å²) in [6.07, 6.45) is 1.20. The molecule has 1 nitrogen and oxygen atoms in total. The van der Waals surface area contributed by atoms with E-state index in [1.54, 1.807) is 6.92 Å². The van der Waals surface area contributed by atoms with Crippen LogP contribution in [0.25, 0.3) is 0 Å². The summed E-state index contributed by atoms with van der Waals surface area (Å²) in [7, 11) is -3.89.